The van der Waals surface area contributed by atoms with Gasteiger partial charge in [-0.2, -0.15) is 5.26 Å². The second-order valence-corrected chi connectivity index (χ2v) is 3.38. The number of benzene rings is 1. The molecule has 1 nitrogen and oxygen atoms in total. The molecule has 0 spiro atoms. The van der Waals surface area contributed by atoms with E-state index in [1.807, 2.05) is 24.3 Å². The summed E-state index contributed by atoms with van der Waals surface area (Å²) >= 11 is 3.35. The van der Waals surface area contributed by atoms with Crippen LogP contribution in [0.5, 0.6) is 0 Å². The molecule has 0 fully saturated rings. The van der Waals surface area contributed by atoms with Crippen molar-refractivity contribution >= 4 is 15.9 Å². The van der Waals surface area contributed by atoms with Gasteiger partial charge in [0.15, 0.2) is 0 Å². The molecule has 0 aliphatic carbocycles. The molecule has 0 heterocycles. The minimum atomic E-state index is 0.504. The summed E-state index contributed by atoms with van der Waals surface area (Å²) in [4.78, 5) is 0. The van der Waals surface area contributed by atoms with Crippen molar-refractivity contribution in [3.8, 4) is 17.9 Å². The van der Waals surface area contributed by atoms with E-state index in [2.05, 4.69) is 33.8 Å². The number of nitriles is 1. The van der Waals surface area contributed by atoms with Crippen LogP contribution in [0.2, 0.25) is 0 Å². The van der Waals surface area contributed by atoms with E-state index in [1.165, 1.54) is 0 Å². The summed E-state index contributed by atoms with van der Waals surface area (Å²) in [6.07, 6.45) is 1.15. The molecule has 1 aromatic rings. The predicted octanol–water partition coefficient (Wildman–Crippen LogP) is 3.10. The quantitative estimate of drug-likeness (QED) is 0.541. The fourth-order valence-electron chi connectivity index (χ4n) is 0.816. The number of rotatable bonds is 1. The Hall–Kier alpha value is -1.25. The Kier molecular flexibility index (Phi) is 4.09. The Bertz CT molecular complexity index is 362. The predicted molar refractivity (Wildman–Crippen MR) is 55.9 cm³/mol. The van der Waals surface area contributed by atoms with Crippen molar-refractivity contribution in [3.05, 3.63) is 34.3 Å². The van der Waals surface area contributed by atoms with E-state index in [-0.39, 0.29) is 0 Å². The lowest BCUT2D eigenvalue weighted by Gasteiger charge is -1.89. The number of nitrogens with zero attached hydrogens (tertiary/aromatic N) is 1. The van der Waals surface area contributed by atoms with Crippen LogP contribution in [0, 0.1) is 23.2 Å². The van der Waals surface area contributed by atoms with Gasteiger partial charge in [0.05, 0.1) is 6.07 Å². The van der Waals surface area contributed by atoms with Gasteiger partial charge < -0.3 is 0 Å². The van der Waals surface area contributed by atoms with Gasteiger partial charge in [0.2, 0.25) is 0 Å². The normalized spacial score (nSPS) is 8.31. The van der Waals surface area contributed by atoms with Gasteiger partial charge >= 0.3 is 0 Å². The van der Waals surface area contributed by atoms with Crippen LogP contribution in [-0.4, -0.2) is 0 Å². The van der Waals surface area contributed by atoms with E-state index in [0.717, 1.165) is 10.0 Å². The lowest BCUT2D eigenvalue weighted by Crippen LogP contribution is -1.72. The van der Waals surface area contributed by atoms with Gasteiger partial charge in [0, 0.05) is 22.9 Å². The molecule has 0 radical (unpaired) electrons. The molecule has 13 heavy (non-hydrogen) atoms. The fraction of sp³-hybridized carbons (Fsp3) is 0.182. The molecular formula is C11H8BrN. The minimum Gasteiger partial charge on any atom is -0.198 e. The Balaban J connectivity index is 2.58. The SMILES string of the molecule is N#CCCC#Cc1ccc(Br)cc1. The Labute approximate surface area is 86.5 Å². The van der Waals surface area contributed by atoms with Crippen molar-refractivity contribution < 1.29 is 0 Å². The molecule has 64 valence electrons. The number of unbranched alkanes of at least 4 members (excludes halogenated alkanes) is 1. The van der Waals surface area contributed by atoms with Crippen molar-refractivity contribution in [2.75, 3.05) is 0 Å². The van der Waals surface area contributed by atoms with Crippen LogP contribution in [0.4, 0.5) is 0 Å². The second kappa shape index (κ2) is 5.41. The highest BCUT2D eigenvalue weighted by Gasteiger charge is 1.86. The number of halogens is 1. The van der Waals surface area contributed by atoms with Gasteiger partial charge in [-0.05, 0) is 24.3 Å². The molecule has 0 aromatic heterocycles. The summed E-state index contributed by atoms with van der Waals surface area (Å²) in [5, 5.41) is 8.28. The maximum absolute atomic E-state index is 8.28. The first-order valence-electron chi connectivity index (χ1n) is 3.94. The maximum Gasteiger partial charge on any atom is 0.0631 e. The average molecular weight is 234 g/mol. The lowest BCUT2D eigenvalue weighted by molar-refractivity contribution is 1.09. The van der Waals surface area contributed by atoms with Crippen molar-refractivity contribution in [1.29, 1.82) is 5.26 Å². The highest BCUT2D eigenvalue weighted by molar-refractivity contribution is 9.10. The maximum atomic E-state index is 8.28. The fourth-order valence-corrected chi connectivity index (χ4v) is 1.08. The summed E-state index contributed by atoms with van der Waals surface area (Å²) < 4.78 is 1.05. The number of hydrogen-bond acceptors (Lipinski definition) is 1. The third-order valence-corrected chi connectivity index (χ3v) is 1.97. The highest BCUT2D eigenvalue weighted by atomic mass is 79.9. The van der Waals surface area contributed by atoms with E-state index in [1.54, 1.807) is 0 Å². The molecule has 0 aliphatic heterocycles. The molecule has 0 N–H and O–H groups in total. The summed E-state index contributed by atoms with van der Waals surface area (Å²) in [6, 6.07) is 9.85. The Morgan fingerprint density at radius 1 is 1.15 bits per heavy atom. The van der Waals surface area contributed by atoms with Crippen LogP contribution in [0.15, 0.2) is 28.7 Å². The van der Waals surface area contributed by atoms with Gasteiger partial charge in [-0.15, -0.1) is 0 Å². The van der Waals surface area contributed by atoms with Crippen LogP contribution in [0.25, 0.3) is 0 Å². The highest BCUT2D eigenvalue weighted by Crippen LogP contribution is 2.09. The van der Waals surface area contributed by atoms with Crippen molar-refractivity contribution in [2.45, 2.75) is 12.8 Å². The molecular weight excluding hydrogens is 226 g/mol. The van der Waals surface area contributed by atoms with Gasteiger partial charge in [0.1, 0.15) is 0 Å². The van der Waals surface area contributed by atoms with E-state index in [9.17, 15) is 0 Å². The zero-order valence-corrected chi connectivity index (χ0v) is 8.63. The molecule has 0 saturated carbocycles. The Morgan fingerprint density at radius 2 is 1.85 bits per heavy atom. The first-order valence-corrected chi connectivity index (χ1v) is 4.73. The second-order valence-electron chi connectivity index (χ2n) is 2.47. The van der Waals surface area contributed by atoms with Crippen LogP contribution < -0.4 is 0 Å². The van der Waals surface area contributed by atoms with E-state index in [4.69, 9.17) is 5.26 Å². The summed E-state index contributed by atoms with van der Waals surface area (Å²) in [7, 11) is 0. The van der Waals surface area contributed by atoms with Crippen LogP contribution in [0.3, 0.4) is 0 Å². The number of hydrogen-bond donors (Lipinski definition) is 0. The molecule has 0 bridgehead atoms. The molecule has 0 aliphatic rings. The minimum absolute atomic E-state index is 0.504. The van der Waals surface area contributed by atoms with Gasteiger partial charge in [0.25, 0.3) is 0 Å². The van der Waals surface area contributed by atoms with Crippen molar-refractivity contribution in [3.63, 3.8) is 0 Å². The first kappa shape index (κ1) is 9.84. The summed E-state index contributed by atoms with van der Waals surface area (Å²) in [6.45, 7) is 0. The summed E-state index contributed by atoms with van der Waals surface area (Å²) in [5.41, 5.74) is 0.987. The average Bonchev–Trinajstić information content (AvgIpc) is 2.15. The van der Waals surface area contributed by atoms with Gasteiger partial charge in [-0.25, -0.2) is 0 Å². The van der Waals surface area contributed by atoms with Crippen LogP contribution in [0.1, 0.15) is 18.4 Å². The van der Waals surface area contributed by atoms with Crippen LogP contribution >= 0.6 is 15.9 Å². The van der Waals surface area contributed by atoms with Gasteiger partial charge in [-0.3, -0.25) is 0 Å². The van der Waals surface area contributed by atoms with Gasteiger partial charge in [-0.1, -0.05) is 27.8 Å². The van der Waals surface area contributed by atoms with E-state index >= 15 is 0 Å². The van der Waals surface area contributed by atoms with Crippen LogP contribution in [-0.2, 0) is 0 Å². The molecule has 0 saturated heterocycles. The molecule has 1 aromatic carbocycles. The molecule has 1 rings (SSSR count). The molecule has 2 heteroatoms. The summed E-state index contributed by atoms with van der Waals surface area (Å²) in [5.74, 6) is 5.92. The molecule has 0 unspecified atom stereocenters. The monoisotopic (exact) mass is 233 g/mol. The lowest BCUT2D eigenvalue weighted by atomic mass is 10.2. The molecule has 0 atom stereocenters. The van der Waals surface area contributed by atoms with E-state index in [0.29, 0.717) is 12.8 Å². The molecule has 0 amide bonds. The van der Waals surface area contributed by atoms with E-state index < -0.39 is 0 Å². The third kappa shape index (κ3) is 3.78. The Morgan fingerprint density at radius 3 is 2.46 bits per heavy atom. The van der Waals surface area contributed by atoms with Crippen molar-refractivity contribution in [2.24, 2.45) is 0 Å². The third-order valence-electron chi connectivity index (χ3n) is 1.44. The zero-order valence-electron chi connectivity index (χ0n) is 7.05. The first-order chi connectivity index (χ1) is 6.33. The standard InChI is InChI=1S/C11H8BrN/c12-11-7-5-10(6-8-11)4-2-1-3-9-13/h5-8H,1,3H2. The van der Waals surface area contributed by atoms with Crippen molar-refractivity contribution in [1.82, 2.24) is 0 Å². The largest absolute Gasteiger partial charge is 0.198 e. The zero-order chi connectivity index (χ0) is 9.52. The topological polar surface area (TPSA) is 23.8 Å². The smallest absolute Gasteiger partial charge is 0.0631 e.